The molecular formula is C26H31N3O2S. The van der Waals surface area contributed by atoms with Gasteiger partial charge in [0.05, 0.1) is 4.90 Å². The maximum atomic E-state index is 13.1. The van der Waals surface area contributed by atoms with Crippen molar-refractivity contribution in [3.05, 3.63) is 72.4 Å². The first-order valence-electron chi connectivity index (χ1n) is 11.3. The standard InChI is InChI=1S/C26H31N3O2S/c1-3-13-26(18-27,14-4-2)24-17-28-25-12-10-21(16-23(24)25)29-32(30,31)22-11-9-19-7-5-6-8-20(19)15-22/h5-12,15-17,28-29H,3-4,13-14,18,27H2,1-2H3. The van der Waals surface area contributed by atoms with Crippen LogP contribution >= 0.6 is 0 Å². The third-order valence-corrected chi connectivity index (χ3v) is 7.76. The van der Waals surface area contributed by atoms with Crippen LogP contribution in [0.3, 0.4) is 0 Å². The molecule has 4 aromatic rings. The summed E-state index contributed by atoms with van der Waals surface area (Å²) in [6.07, 6.45) is 6.12. The summed E-state index contributed by atoms with van der Waals surface area (Å²) in [7, 11) is -3.72. The molecule has 3 aromatic carbocycles. The highest BCUT2D eigenvalue weighted by molar-refractivity contribution is 7.92. The van der Waals surface area contributed by atoms with Gasteiger partial charge in [0.25, 0.3) is 10.0 Å². The second kappa shape index (κ2) is 8.96. The van der Waals surface area contributed by atoms with Crippen molar-refractivity contribution >= 4 is 37.4 Å². The van der Waals surface area contributed by atoms with Gasteiger partial charge >= 0.3 is 0 Å². The summed E-state index contributed by atoms with van der Waals surface area (Å²) >= 11 is 0. The van der Waals surface area contributed by atoms with Gasteiger partial charge in [0.15, 0.2) is 0 Å². The van der Waals surface area contributed by atoms with Crippen LogP contribution in [0.4, 0.5) is 5.69 Å². The van der Waals surface area contributed by atoms with Gasteiger partial charge in [0.2, 0.25) is 0 Å². The van der Waals surface area contributed by atoms with E-state index in [1.807, 2.05) is 48.7 Å². The van der Waals surface area contributed by atoms with Gasteiger partial charge in [-0.15, -0.1) is 0 Å². The topological polar surface area (TPSA) is 88.0 Å². The number of anilines is 1. The van der Waals surface area contributed by atoms with Gasteiger partial charge in [0.1, 0.15) is 0 Å². The molecule has 4 N–H and O–H groups in total. The molecule has 5 nitrogen and oxygen atoms in total. The first-order chi connectivity index (χ1) is 15.4. The Morgan fingerprint density at radius 1 is 0.938 bits per heavy atom. The fourth-order valence-electron chi connectivity index (χ4n) is 4.84. The van der Waals surface area contributed by atoms with Crippen LogP contribution in [-0.2, 0) is 15.4 Å². The van der Waals surface area contributed by atoms with Gasteiger partial charge in [-0.1, -0.05) is 57.0 Å². The van der Waals surface area contributed by atoms with Crippen LogP contribution in [0.2, 0.25) is 0 Å². The van der Waals surface area contributed by atoms with E-state index in [1.54, 1.807) is 18.2 Å². The Hall–Kier alpha value is -2.83. The highest BCUT2D eigenvalue weighted by Crippen LogP contribution is 2.38. The molecule has 0 amide bonds. The quantitative estimate of drug-likeness (QED) is 0.296. The fraction of sp³-hybridized carbons (Fsp3) is 0.308. The van der Waals surface area contributed by atoms with Crippen molar-refractivity contribution < 1.29 is 8.42 Å². The maximum absolute atomic E-state index is 13.1. The van der Waals surface area contributed by atoms with Crippen molar-refractivity contribution in [3.8, 4) is 0 Å². The normalized spacial score (nSPS) is 12.5. The zero-order chi connectivity index (χ0) is 22.8. The molecule has 1 heterocycles. The second-order valence-electron chi connectivity index (χ2n) is 8.56. The minimum Gasteiger partial charge on any atom is -0.361 e. The van der Waals surface area contributed by atoms with Crippen LogP contribution < -0.4 is 10.5 Å². The second-order valence-corrected chi connectivity index (χ2v) is 10.2. The molecule has 0 spiro atoms. The Morgan fingerprint density at radius 3 is 2.34 bits per heavy atom. The molecule has 32 heavy (non-hydrogen) atoms. The number of sulfonamides is 1. The summed E-state index contributed by atoms with van der Waals surface area (Å²) in [6.45, 7) is 4.92. The molecule has 0 saturated carbocycles. The van der Waals surface area contributed by atoms with Crippen molar-refractivity contribution in [3.63, 3.8) is 0 Å². The highest BCUT2D eigenvalue weighted by atomic mass is 32.2. The summed E-state index contributed by atoms with van der Waals surface area (Å²) in [5.74, 6) is 0. The highest BCUT2D eigenvalue weighted by Gasteiger charge is 2.31. The predicted octanol–water partition coefficient (Wildman–Crippen LogP) is 5.92. The lowest BCUT2D eigenvalue weighted by Crippen LogP contribution is -2.34. The summed E-state index contributed by atoms with van der Waals surface area (Å²) in [5, 5.41) is 2.93. The zero-order valence-electron chi connectivity index (χ0n) is 18.7. The molecule has 0 aliphatic carbocycles. The van der Waals surface area contributed by atoms with E-state index in [0.29, 0.717) is 12.2 Å². The molecule has 168 valence electrons. The predicted molar refractivity (Wildman–Crippen MR) is 134 cm³/mol. The number of aromatic amines is 1. The van der Waals surface area contributed by atoms with Gasteiger partial charge in [-0.25, -0.2) is 8.42 Å². The van der Waals surface area contributed by atoms with Crippen LogP contribution in [0.15, 0.2) is 71.8 Å². The van der Waals surface area contributed by atoms with Gasteiger partial charge in [-0.2, -0.15) is 0 Å². The summed E-state index contributed by atoms with van der Waals surface area (Å²) in [5.41, 5.74) is 8.89. The van der Waals surface area contributed by atoms with E-state index in [0.717, 1.165) is 47.4 Å². The fourth-order valence-corrected chi connectivity index (χ4v) is 5.92. The number of hydrogen-bond acceptors (Lipinski definition) is 3. The summed E-state index contributed by atoms with van der Waals surface area (Å²) in [6, 6.07) is 18.6. The Morgan fingerprint density at radius 2 is 1.66 bits per heavy atom. The largest absolute Gasteiger partial charge is 0.361 e. The van der Waals surface area contributed by atoms with Crippen LogP contribution in [-0.4, -0.2) is 19.9 Å². The molecule has 0 atom stereocenters. The molecule has 0 radical (unpaired) electrons. The van der Waals surface area contributed by atoms with Crippen LogP contribution in [0, 0.1) is 0 Å². The number of hydrogen-bond donors (Lipinski definition) is 3. The van der Waals surface area contributed by atoms with Crippen molar-refractivity contribution in [1.29, 1.82) is 0 Å². The van der Waals surface area contributed by atoms with Crippen LogP contribution in [0.25, 0.3) is 21.7 Å². The lowest BCUT2D eigenvalue weighted by atomic mass is 9.73. The zero-order valence-corrected chi connectivity index (χ0v) is 19.5. The van der Waals surface area contributed by atoms with Crippen LogP contribution in [0.1, 0.15) is 45.1 Å². The van der Waals surface area contributed by atoms with Crippen molar-refractivity contribution in [2.45, 2.75) is 49.8 Å². The lowest BCUT2D eigenvalue weighted by molar-refractivity contribution is 0.368. The molecule has 6 heteroatoms. The lowest BCUT2D eigenvalue weighted by Gasteiger charge is -2.32. The van der Waals surface area contributed by atoms with E-state index in [1.165, 1.54) is 5.56 Å². The molecule has 0 bridgehead atoms. The van der Waals surface area contributed by atoms with E-state index in [-0.39, 0.29) is 10.3 Å². The van der Waals surface area contributed by atoms with Gasteiger partial charge < -0.3 is 10.7 Å². The molecule has 0 fully saturated rings. The average Bonchev–Trinajstić information content (AvgIpc) is 3.22. The summed E-state index contributed by atoms with van der Waals surface area (Å²) < 4.78 is 29.0. The first-order valence-corrected chi connectivity index (χ1v) is 12.7. The van der Waals surface area contributed by atoms with E-state index in [4.69, 9.17) is 5.73 Å². The van der Waals surface area contributed by atoms with E-state index >= 15 is 0 Å². The Balaban J connectivity index is 1.72. The number of nitrogens with one attached hydrogen (secondary N) is 2. The van der Waals surface area contributed by atoms with Crippen molar-refractivity contribution in [2.75, 3.05) is 11.3 Å². The minimum atomic E-state index is -3.72. The number of rotatable bonds is 9. The third-order valence-electron chi connectivity index (χ3n) is 6.38. The van der Waals surface area contributed by atoms with Crippen molar-refractivity contribution in [2.24, 2.45) is 5.73 Å². The molecule has 0 aliphatic rings. The molecule has 1 aromatic heterocycles. The van der Waals surface area contributed by atoms with E-state index in [2.05, 4.69) is 23.6 Å². The Labute approximate surface area is 190 Å². The van der Waals surface area contributed by atoms with E-state index < -0.39 is 10.0 Å². The van der Waals surface area contributed by atoms with Gasteiger partial charge in [-0.3, -0.25) is 4.72 Å². The summed E-state index contributed by atoms with van der Waals surface area (Å²) in [4.78, 5) is 3.60. The number of fused-ring (bicyclic) bond motifs is 2. The molecule has 0 unspecified atom stereocenters. The molecule has 0 saturated heterocycles. The Kier molecular flexibility index (Phi) is 6.26. The van der Waals surface area contributed by atoms with E-state index in [9.17, 15) is 8.42 Å². The Bertz CT molecular complexity index is 1340. The molecule has 4 rings (SSSR count). The number of nitrogens with two attached hydrogens (primary N) is 1. The third kappa shape index (κ3) is 4.12. The van der Waals surface area contributed by atoms with Crippen LogP contribution in [0.5, 0.6) is 0 Å². The maximum Gasteiger partial charge on any atom is 0.261 e. The number of benzene rings is 3. The number of H-pyrrole nitrogens is 1. The molecule has 0 aliphatic heterocycles. The average molecular weight is 450 g/mol. The van der Waals surface area contributed by atoms with Gasteiger partial charge in [-0.05, 0) is 59.5 Å². The monoisotopic (exact) mass is 449 g/mol. The SMILES string of the molecule is CCCC(CN)(CCC)c1c[nH]c2ccc(NS(=O)(=O)c3ccc4ccccc4c3)cc12. The molecular weight excluding hydrogens is 418 g/mol. The van der Waals surface area contributed by atoms with Gasteiger partial charge in [0, 0.05) is 34.7 Å². The number of aromatic nitrogens is 1. The smallest absolute Gasteiger partial charge is 0.261 e. The minimum absolute atomic E-state index is 0.113. The first kappa shape index (κ1) is 22.4. The van der Waals surface area contributed by atoms with Crippen molar-refractivity contribution in [1.82, 2.24) is 4.98 Å².